The van der Waals surface area contributed by atoms with Crippen LogP contribution < -0.4 is 5.56 Å². The lowest BCUT2D eigenvalue weighted by molar-refractivity contribution is 0.0688. The Morgan fingerprint density at radius 3 is 2.69 bits per heavy atom. The first-order valence-electron chi connectivity index (χ1n) is 3.89. The average Bonchev–Trinajstić information content (AvgIpc) is 2.07. The summed E-state index contributed by atoms with van der Waals surface area (Å²) in [7, 11) is 0. The van der Waals surface area contributed by atoms with Crippen molar-refractivity contribution < 1.29 is 9.90 Å². The summed E-state index contributed by atoms with van der Waals surface area (Å²) in [5, 5.41) is 8.57. The van der Waals surface area contributed by atoms with E-state index in [1.54, 1.807) is 6.92 Å². The van der Waals surface area contributed by atoms with Gasteiger partial charge in [0.15, 0.2) is 0 Å². The smallest absolute Gasteiger partial charge is 0.360 e. The first-order valence-corrected chi connectivity index (χ1v) is 3.89. The van der Waals surface area contributed by atoms with E-state index in [2.05, 4.69) is 9.97 Å². The molecule has 0 aliphatic rings. The molecule has 5 heteroatoms. The minimum absolute atomic E-state index is 0.449. The maximum atomic E-state index is 11.1. The van der Waals surface area contributed by atoms with Gasteiger partial charge in [0.05, 0.1) is 5.69 Å². The van der Waals surface area contributed by atoms with Crippen LogP contribution in [0.5, 0.6) is 0 Å². The van der Waals surface area contributed by atoms with Gasteiger partial charge in [-0.3, -0.25) is 4.79 Å². The number of hydrogen-bond acceptors (Lipinski definition) is 3. The number of aromatic amines is 1. The van der Waals surface area contributed by atoms with E-state index in [1.807, 2.05) is 6.92 Å². The van der Waals surface area contributed by atoms with E-state index in [0.717, 1.165) is 0 Å². The molecule has 0 aliphatic carbocycles. The van der Waals surface area contributed by atoms with Crippen molar-refractivity contribution in [3.63, 3.8) is 0 Å². The van der Waals surface area contributed by atoms with Crippen molar-refractivity contribution >= 4 is 5.97 Å². The molecule has 2 N–H and O–H groups in total. The van der Waals surface area contributed by atoms with Crippen LogP contribution in [0.15, 0.2) is 4.79 Å². The van der Waals surface area contributed by atoms with Gasteiger partial charge in [0.2, 0.25) is 5.69 Å². The fourth-order valence-electron chi connectivity index (χ4n) is 1.06. The molecule has 5 nitrogen and oxygen atoms in total. The predicted molar refractivity (Wildman–Crippen MR) is 45.9 cm³/mol. The highest BCUT2D eigenvalue weighted by atomic mass is 16.4. The summed E-state index contributed by atoms with van der Waals surface area (Å²) in [6.45, 7) is 3.53. The Morgan fingerprint density at radius 1 is 1.62 bits per heavy atom. The van der Waals surface area contributed by atoms with Crippen LogP contribution in [0.1, 0.15) is 28.8 Å². The van der Waals surface area contributed by atoms with Crippen LogP contribution in [0.3, 0.4) is 0 Å². The SMILES string of the molecule is CCc1[nH]c(=O)c(C(=O)O)nc1C. The van der Waals surface area contributed by atoms with Gasteiger partial charge < -0.3 is 10.1 Å². The van der Waals surface area contributed by atoms with Gasteiger partial charge in [0.25, 0.3) is 5.56 Å². The second-order valence-electron chi connectivity index (χ2n) is 2.64. The molecule has 1 heterocycles. The second-order valence-corrected chi connectivity index (χ2v) is 2.64. The molecule has 0 fully saturated rings. The minimum atomic E-state index is -1.30. The molecule has 0 spiro atoms. The molecule has 1 aromatic rings. The lowest BCUT2D eigenvalue weighted by Crippen LogP contribution is -2.22. The van der Waals surface area contributed by atoms with Crippen LogP contribution in [0.2, 0.25) is 0 Å². The number of aromatic nitrogens is 2. The van der Waals surface area contributed by atoms with Crippen molar-refractivity contribution in [2.75, 3.05) is 0 Å². The molecule has 0 atom stereocenters. The normalized spacial score (nSPS) is 10.0. The second kappa shape index (κ2) is 3.38. The fraction of sp³-hybridized carbons (Fsp3) is 0.375. The van der Waals surface area contributed by atoms with Gasteiger partial charge >= 0.3 is 5.97 Å². The maximum Gasteiger partial charge on any atom is 0.360 e. The van der Waals surface area contributed by atoms with Crippen LogP contribution in [0.25, 0.3) is 0 Å². The molecule has 0 radical (unpaired) electrons. The Labute approximate surface area is 74.4 Å². The van der Waals surface area contributed by atoms with E-state index < -0.39 is 17.2 Å². The lowest BCUT2D eigenvalue weighted by Gasteiger charge is -2.01. The van der Waals surface area contributed by atoms with E-state index in [-0.39, 0.29) is 0 Å². The molecule has 1 aromatic heterocycles. The van der Waals surface area contributed by atoms with Crippen molar-refractivity contribution in [1.29, 1.82) is 0 Å². The molecule has 0 saturated heterocycles. The van der Waals surface area contributed by atoms with Crippen molar-refractivity contribution in [2.45, 2.75) is 20.3 Å². The average molecular weight is 182 g/mol. The molecule has 70 valence electrons. The summed E-state index contributed by atoms with van der Waals surface area (Å²) < 4.78 is 0. The molecule has 0 saturated carbocycles. The molecule has 13 heavy (non-hydrogen) atoms. The number of hydrogen-bond donors (Lipinski definition) is 2. The third-order valence-electron chi connectivity index (χ3n) is 1.75. The number of aromatic carboxylic acids is 1. The van der Waals surface area contributed by atoms with Crippen molar-refractivity contribution in [3.8, 4) is 0 Å². The molecular weight excluding hydrogens is 172 g/mol. The van der Waals surface area contributed by atoms with E-state index in [0.29, 0.717) is 17.8 Å². The highest BCUT2D eigenvalue weighted by molar-refractivity contribution is 5.84. The van der Waals surface area contributed by atoms with Gasteiger partial charge in [-0.05, 0) is 13.3 Å². The molecule has 0 bridgehead atoms. The van der Waals surface area contributed by atoms with Crippen molar-refractivity contribution in [1.82, 2.24) is 9.97 Å². The number of carboxylic acid groups (broad SMARTS) is 1. The summed E-state index contributed by atoms with van der Waals surface area (Å²) in [5.74, 6) is -1.30. The first-order chi connectivity index (χ1) is 6.06. The van der Waals surface area contributed by atoms with E-state index >= 15 is 0 Å². The minimum Gasteiger partial charge on any atom is -0.476 e. The van der Waals surface area contributed by atoms with Crippen LogP contribution in [-0.2, 0) is 6.42 Å². The third kappa shape index (κ3) is 1.74. The van der Waals surface area contributed by atoms with E-state index in [9.17, 15) is 9.59 Å². The molecular formula is C8H10N2O3. The highest BCUT2D eigenvalue weighted by Gasteiger charge is 2.12. The van der Waals surface area contributed by atoms with Crippen molar-refractivity contribution in [2.24, 2.45) is 0 Å². The lowest BCUT2D eigenvalue weighted by atomic mass is 10.2. The van der Waals surface area contributed by atoms with Crippen LogP contribution in [0, 0.1) is 6.92 Å². The largest absolute Gasteiger partial charge is 0.476 e. The Balaban J connectivity index is 3.37. The van der Waals surface area contributed by atoms with E-state index in [1.165, 1.54) is 0 Å². The quantitative estimate of drug-likeness (QED) is 0.690. The summed E-state index contributed by atoms with van der Waals surface area (Å²) in [6.07, 6.45) is 0.633. The molecule has 0 amide bonds. The Kier molecular flexibility index (Phi) is 2.46. The number of H-pyrrole nitrogens is 1. The number of carbonyl (C=O) groups is 1. The van der Waals surface area contributed by atoms with Gasteiger partial charge in [0, 0.05) is 5.69 Å². The third-order valence-corrected chi connectivity index (χ3v) is 1.75. The summed E-state index contributed by atoms with van der Waals surface area (Å²) in [6, 6.07) is 0. The van der Waals surface area contributed by atoms with Gasteiger partial charge in [-0.25, -0.2) is 9.78 Å². The Bertz CT molecular complexity index is 395. The number of carboxylic acids is 1. The Hall–Kier alpha value is -1.65. The van der Waals surface area contributed by atoms with Crippen LogP contribution in [-0.4, -0.2) is 21.0 Å². The zero-order valence-electron chi connectivity index (χ0n) is 7.42. The van der Waals surface area contributed by atoms with Gasteiger partial charge in [0.1, 0.15) is 0 Å². The summed E-state index contributed by atoms with van der Waals surface area (Å²) in [5.41, 5.74) is 0.138. The summed E-state index contributed by atoms with van der Waals surface area (Å²) in [4.78, 5) is 27.8. The van der Waals surface area contributed by atoms with Crippen LogP contribution in [0.4, 0.5) is 0 Å². The van der Waals surface area contributed by atoms with Crippen LogP contribution >= 0.6 is 0 Å². The fourth-order valence-corrected chi connectivity index (χ4v) is 1.06. The zero-order valence-corrected chi connectivity index (χ0v) is 7.42. The monoisotopic (exact) mass is 182 g/mol. The first kappa shape index (κ1) is 9.44. The highest BCUT2D eigenvalue weighted by Crippen LogP contribution is 1.99. The standard InChI is InChI=1S/C8H10N2O3/c1-3-5-4(2)9-6(8(12)13)7(11)10-5/h3H2,1-2H3,(H,10,11)(H,12,13). The van der Waals surface area contributed by atoms with Gasteiger partial charge in [-0.1, -0.05) is 6.92 Å². The van der Waals surface area contributed by atoms with Crippen molar-refractivity contribution in [3.05, 3.63) is 27.4 Å². The summed E-state index contributed by atoms with van der Waals surface area (Å²) >= 11 is 0. The van der Waals surface area contributed by atoms with Gasteiger partial charge in [-0.15, -0.1) is 0 Å². The molecule has 0 unspecified atom stereocenters. The number of nitrogens with one attached hydrogen (secondary N) is 1. The topological polar surface area (TPSA) is 83.0 Å². The predicted octanol–water partition coefficient (Wildman–Crippen LogP) is 0.339. The number of nitrogens with zero attached hydrogens (tertiary/aromatic N) is 1. The molecule has 0 aromatic carbocycles. The number of aryl methyl sites for hydroxylation is 2. The Morgan fingerprint density at radius 2 is 2.23 bits per heavy atom. The van der Waals surface area contributed by atoms with Gasteiger partial charge in [-0.2, -0.15) is 0 Å². The molecule has 1 rings (SSSR count). The molecule has 0 aliphatic heterocycles. The van der Waals surface area contributed by atoms with E-state index in [4.69, 9.17) is 5.11 Å². The maximum absolute atomic E-state index is 11.1. The number of rotatable bonds is 2. The zero-order chi connectivity index (χ0) is 10.0.